The summed E-state index contributed by atoms with van der Waals surface area (Å²) in [5.41, 5.74) is 2.22. The molecule has 26 heavy (non-hydrogen) atoms. The fourth-order valence-corrected chi connectivity index (χ4v) is 4.33. The average Bonchev–Trinajstić information content (AvgIpc) is 2.99. The lowest BCUT2D eigenvalue weighted by Crippen LogP contribution is -2.57. The van der Waals surface area contributed by atoms with E-state index in [4.69, 9.17) is 14.0 Å². The molecule has 6 heteroatoms. The molecule has 0 amide bonds. The smallest absolute Gasteiger partial charge is 0.213 e. The molecule has 0 spiro atoms. The average molecular weight is 357 g/mol. The maximum Gasteiger partial charge on any atom is 0.213 e. The van der Waals surface area contributed by atoms with Crippen LogP contribution in [0.4, 0.5) is 0 Å². The number of pyridine rings is 1. The molecule has 2 aliphatic rings. The number of piperidine rings is 1. The van der Waals surface area contributed by atoms with Gasteiger partial charge in [-0.25, -0.2) is 4.98 Å². The first kappa shape index (κ1) is 17.5. The van der Waals surface area contributed by atoms with E-state index in [1.807, 2.05) is 32.0 Å². The number of aryl methyl sites for hydroxylation is 2. The predicted octanol–water partition coefficient (Wildman–Crippen LogP) is 3.14. The quantitative estimate of drug-likeness (QED) is 0.819. The fraction of sp³-hybridized carbons (Fsp3) is 0.600. The van der Waals surface area contributed by atoms with Crippen LogP contribution in [-0.2, 0) is 11.3 Å². The van der Waals surface area contributed by atoms with Gasteiger partial charge >= 0.3 is 0 Å². The molecule has 2 fully saturated rings. The number of rotatable bonds is 5. The highest BCUT2D eigenvalue weighted by molar-refractivity contribution is 5.21. The van der Waals surface area contributed by atoms with Gasteiger partial charge in [-0.1, -0.05) is 11.2 Å². The molecular weight excluding hydrogens is 330 g/mol. The van der Waals surface area contributed by atoms with Gasteiger partial charge in [0.25, 0.3) is 0 Å². The van der Waals surface area contributed by atoms with Crippen LogP contribution in [0.1, 0.15) is 36.3 Å². The Bertz CT molecular complexity index is 714. The van der Waals surface area contributed by atoms with Gasteiger partial charge in [0.2, 0.25) is 5.88 Å². The third-order valence-corrected chi connectivity index (χ3v) is 5.78. The lowest BCUT2D eigenvalue weighted by Gasteiger charge is -2.50. The molecule has 0 aromatic carbocycles. The molecule has 0 radical (unpaired) electrons. The Morgan fingerprint density at radius 3 is 3.04 bits per heavy atom. The lowest BCUT2D eigenvalue weighted by molar-refractivity contribution is -0.141. The molecule has 4 heterocycles. The summed E-state index contributed by atoms with van der Waals surface area (Å²) in [5.74, 6) is 1.61. The van der Waals surface area contributed by atoms with Crippen LogP contribution in [0.5, 0.6) is 5.88 Å². The molecule has 2 aliphatic heterocycles. The van der Waals surface area contributed by atoms with Crippen LogP contribution >= 0.6 is 0 Å². The third-order valence-electron chi connectivity index (χ3n) is 5.78. The minimum absolute atomic E-state index is 0.0208. The lowest BCUT2D eigenvalue weighted by atomic mass is 9.73. The van der Waals surface area contributed by atoms with E-state index in [2.05, 4.69) is 15.0 Å². The molecule has 2 atom stereocenters. The topological polar surface area (TPSA) is 60.6 Å². The monoisotopic (exact) mass is 357 g/mol. The van der Waals surface area contributed by atoms with Gasteiger partial charge in [0, 0.05) is 49.5 Å². The second kappa shape index (κ2) is 7.37. The van der Waals surface area contributed by atoms with Crippen LogP contribution in [0, 0.1) is 19.3 Å². The second-order valence-electron chi connectivity index (χ2n) is 7.58. The highest BCUT2D eigenvalue weighted by Crippen LogP contribution is 2.41. The molecular formula is C20H27N3O3. The maximum atomic E-state index is 6.15. The van der Waals surface area contributed by atoms with Crippen LogP contribution < -0.4 is 4.74 Å². The van der Waals surface area contributed by atoms with Crippen LogP contribution in [-0.4, -0.2) is 47.4 Å². The Kier molecular flexibility index (Phi) is 4.96. The molecule has 0 N–H and O–H groups in total. The van der Waals surface area contributed by atoms with Crippen LogP contribution in [0.2, 0.25) is 0 Å². The molecule has 0 saturated carbocycles. The van der Waals surface area contributed by atoms with Crippen molar-refractivity contribution in [3.8, 4) is 5.88 Å². The second-order valence-corrected chi connectivity index (χ2v) is 7.58. The van der Waals surface area contributed by atoms with Crippen molar-refractivity contribution >= 4 is 0 Å². The van der Waals surface area contributed by atoms with E-state index in [1.54, 1.807) is 6.20 Å². The first-order chi connectivity index (χ1) is 12.7. The zero-order chi connectivity index (χ0) is 18.0. The van der Waals surface area contributed by atoms with Gasteiger partial charge in [-0.2, -0.15) is 0 Å². The molecule has 2 saturated heterocycles. The number of hydrogen-bond donors (Lipinski definition) is 0. The Labute approximate surface area is 154 Å². The normalized spacial score (nSPS) is 26.5. The minimum atomic E-state index is 0.0208. The molecule has 2 aromatic rings. The largest absolute Gasteiger partial charge is 0.477 e. The van der Waals surface area contributed by atoms with Crippen molar-refractivity contribution in [2.45, 2.75) is 45.8 Å². The SMILES string of the molecule is Cc1noc(C)c1CN1CCC2OCCCC2(COc2ccccn2)C1. The Hall–Kier alpha value is -1.92. The van der Waals surface area contributed by atoms with E-state index in [9.17, 15) is 0 Å². The van der Waals surface area contributed by atoms with Gasteiger partial charge < -0.3 is 14.0 Å². The van der Waals surface area contributed by atoms with Gasteiger partial charge in [0.05, 0.1) is 18.4 Å². The number of ether oxygens (including phenoxy) is 2. The predicted molar refractivity (Wildman–Crippen MR) is 97.0 cm³/mol. The van der Waals surface area contributed by atoms with Crippen molar-refractivity contribution in [3.05, 3.63) is 41.4 Å². The summed E-state index contributed by atoms with van der Waals surface area (Å²) in [5, 5.41) is 4.10. The van der Waals surface area contributed by atoms with Gasteiger partial charge in [0.15, 0.2) is 0 Å². The maximum absolute atomic E-state index is 6.15. The molecule has 6 nitrogen and oxygen atoms in total. The van der Waals surface area contributed by atoms with E-state index < -0.39 is 0 Å². The van der Waals surface area contributed by atoms with E-state index in [0.717, 1.165) is 57.0 Å². The third kappa shape index (κ3) is 3.48. The summed E-state index contributed by atoms with van der Waals surface area (Å²) < 4.78 is 17.6. The summed E-state index contributed by atoms with van der Waals surface area (Å²) in [4.78, 5) is 6.80. The Morgan fingerprint density at radius 1 is 1.35 bits per heavy atom. The van der Waals surface area contributed by atoms with Crippen LogP contribution in [0.25, 0.3) is 0 Å². The zero-order valence-electron chi connectivity index (χ0n) is 15.6. The van der Waals surface area contributed by atoms with Gasteiger partial charge in [0.1, 0.15) is 5.76 Å². The first-order valence-corrected chi connectivity index (χ1v) is 9.46. The Morgan fingerprint density at radius 2 is 2.27 bits per heavy atom. The first-order valence-electron chi connectivity index (χ1n) is 9.46. The van der Waals surface area contributed by atoms with E-state index >= 15 is 0 Å². The molecule has 0 bridgehead atoms. The minimum Gasteiger partial charge on any atom is -0.477 e. The van der Waals surface area contributed by atoms with Crippen molar-refractivity contribution < 1.29 is 14.0 Å². The van der Waals surface area contributed by atoms with Crippen molar-refractivity contribution in [1.29, 1.82) is 0 Å². The molecule has 4 rings (SSSR count). The Balaban J connectivity index is 1.49. The molecule has 2 unspecified atom stereocenters. The highest BCUT2D eigenvalue weighted by Gasteiger charge is 2.46. The number of nitrogens with zero attached hydrogens (tertiary/aromatic N) is 3. The molecule has 0 aliphatic carbocycles. The van der Waals surface area contributed by atoms with Gasteiger partial charge in [-0.3, -0.25) is 4.90 Å². The van der Waals surface area contributed by atoms with Gasteiger partial charge in [-0.05, 0) is 39.2 Å². The summed E-state index contributed by atoms with van der Waals surface area (Å²) in [6.45, 7) is 8.38. The molecule has 140 valence electrons. The van der Waals surface area contributed by atoms with E-state index in [0.29, 0.717) is 12.5 Å². The molecule has 2 aromatic heterocycles. The van der Waals surface area contributed by atoms with Crippen molar-refractivity contribution in [2.75, 3.05) is 26.3 Å². The van der Waals surface area contributed by atoms with E-state index in [1.165, 1.54) is 5.56 Å². The fourth-order valence-electron chi connectivity index (χ4n) is 4.33. The summed E-state index contributed by atoms with van der Waals surface area (Å²) >= 11 is 0. The standard InChI is InChI=1S/C20H27N3O3/c1-15-17(16(2)26-22-15)12-23-10-7-18-20(13-23,8-5-11-24-18)14-25-19-6-3-4-9-21-19/h3-4,6,9,18H,5,7-8,10-14H2,1-2H3. The highest BCUT2D eigenvalue weighted by atomic mass is 16.5. The zero-order valence-corrected chi connectivity index (χ0v) is 15.6. The number of likely N-dealkylation sites (tertiary alicyclic amines) is 1. The van der Waals surface area contributed by atoms with Crippen LogP contribution in [0.3, 0.4) is 0 Å². The summed E-state index contributed by atoms with van der Waals surface area (Å²) in [6.07, 6.45) is 5.28. The number of hydrogen-bond acceptors (Lipinski definition) is 6. The van der Waals surface area contributed by atoms with Crippen molar-refractivity contribution in [1.82, 2.24) is 15.0 Å². The van der Waals surface area contributed by atoms with E-state index in [-0.39, 0.29) is 11.5 Å². The van der Waals surface area contributed by atoms with Crippen molar-refractivity contribution in [2.24, 2.45) is 5.41 Å². The number of fused-ring (bicyclic) bond motifs is 1. The summed E-state index contributed by atoms with van der Waals surface area (Å²) in [6, 6.07) is 5.78. The number of aromatic nitrogens is 2. The summed E-state index contributed by atoms with van der Waals surface area (Å²) in [7, 11) is 0. The van der Waals surface area contributed by atoms with Gasteiger partial charge in [-0.15, -0.1) is 0 Å². The van der Waals surface area contributed by atoms with Crippen LogP contribution in [0.15, 0.2) is 28.9 Å². The van der Waals surface area contributed by atoms with Crippen molar-refractivity contribution in [3.63, 3.8) is 0 Å².